The summed E-state index contributed by atoms with van der Waals surface area (Å²) in [6, 6.07) is 30.6. The van der Waals surface area contributed by atoms with E-state index >= 15 is 0 Å². The SMILES string of the molecule is CCNC(=O)NCc1cccc(-c2cccc(C3OC(CSc4ccccc4C(=O)O)CC(c4ccc(CO)cc4)O3)c2)c1. The third kappa shape index (κ3) is 8.06. The molecule has 9 heteroatoms. The van der Waals surface area contributed by atoms with Gasteiger partial charge in [0.05, 0.1) is 24.4 Å². The molecule has 3 atom stereocenters. The average molecular weight is 613 g/mol. The normalized spacial score (nSPS) is 18.0. The van der Waals surface area contributed by atoms with E-state index in [2.05, 4.69) is 22.8 Å². The lowest BCUT2D eigenvalue weighted by molar-refractivity contribution is -0.245. The highest BCUT2D eigenvalue weighted by Crippen LogP contribution is 2.40. The fourth-order valence-electron chi connectivity index (χ4n) is 5.11. The first-order valence-corrected chi connectivity index (χ1v) is 15.6. The Morgan fingerprint density at radius 3 is 2.34 bits per heavy atom. The number of hydrogen-bond donors (Lipinski definition) is 4. The van der Waals surface area contributed by atoms with E-state index in [-0.39, 0.29) is 30.4 Å². The number of ether oxygens (including phenoxy) is 2. The van der Waals surface area contributed by atoms with Crippen LogP contribution in [0.25, 0.3) is 11.1 Å². The van der Waals surface area contributed by atoms with Gasteiger partial charge in [0, 0.05) is 35.7 Å². The number of carbonyl (C=O) groups excluding carboxylic acids is 1. The molecular formula is C35H36N2O6S. The van der Waals surface area contributed by atoms with Crippen LogP contribution in [0.5, 0.6) is 0 Å². The molecule has 0 aromatic heterocycles. The molecule has 3 unspecified atom stereocenters. The van der Waals surface area contributed by atoms with E-state index in [1.54, 1.807) is 12.1 Å². The van der Waals surface area contributed by atoms with Crippen LogP contribution in [0, 0.1) is 0 Å². The Hall–Kier alpha value is -4.15. The highest BCUT2D eigenvalue weighted by Gasteiger charge is 2.32. The number of aromatic carboxylic acids is 1. The number of nitrogens with one attached hydrogen (secondary N) is 2. The maximum absolute atomic E-state index is 11.9. The summed E-state index contributed by atoms with van der Waals surface area (Å²) < 4.78 is 13.0. The first-order valence-electron chi connectivity index (χ1n) is 14.6. The van der Waals surface area contributed by atoms with E-state index in [0.29, 0.717) is 30.2 Å². The number of aliphatic hydroxyl groups excluding tert-OH is 1. The van der Waals surface area contributed by atoms with Crippen molar-refractivity contribution >= 4 is 23.8 Å². The molecule has 1 heterocycles. The van der Waals surface area contributed by atoms with Crippen molar-refractivity contribution in [3.63, 3.8) is 0 Å². The minimum absolute atomic E-state index is 0.0320. The molecule has 0 spiro atoms. The zero-order valence-corrected chi connectivity index (χ0v) is 25.3. The molecule has 0 aliphatic carbocycles. The van der Waals surface area contributed by atoms with E-state index in [0.717, 1.165) is 33.4 Å². The zero-order chi connectivity index (χ0) is 30.9. The van der Waals surface area contributed by atoms with E-state index in [4.69, 9.17) is 9.47 Å². The number of amides is 2. The molecule has 4 N–H and O–H groups in total. The van der Waals surface area contributed by atoms with Crippen LogP contribution in [0.2, 0.25) is 0 Å². The van der Waals surface area contributed by atoms with Crippen LogP contribution < -0.4 is 10.6 Å². The van der Waals surface area contributed by atoms with Gasteiger partial charge in [0.1, 0.15) is 0 Å². The molecule has 4 aromatic carbocycles. The van der Waals surface area contributed by atoms with Crippen LogP contribution in [0.1, 0.15) is 58.4 Å². The van der Waals surface area contributed by atoms with Crippen molar-refractivity contribution in [1.29, 1.82) is 0 Å². The molecule has 1 aliphatic rings. The molecule has 228 valence electrons. The Labute approximate surface area is 261 Å². The topological polar surface area (TPSA) is 117 Å². The largest absolute Gasteiger partial charge is 0.478 e. The number of urea groups is 1. The Morgan fingerprint density at radius 2 is 1.59 bits per heavy atom. The first kappa shape index (κ1) is 31.3. The van der Waals surface area contributed by atoms with Crippen molar-refractivity contribution in [3.05, 3.63) is 125 Å². The minimum atomic E-state index is -0.957. The molecule has 0 radical (unpaired) electrons. The summed E-state index contributed by atoms with van der Waals surface area (Å²) in [6.45, 7) is 2.82. The van der Waals surface area contributed by atoms with Gasteiger partial charge < -0.3 is 30.3 Å². The Kier molecular flexibility index (Phi) is 10.7. The molecule has 1 fully saturated rings. The van der Waals surface area contributed by atoms with Gasteiger partial charge in [-0.3, -0.25) is 0 Å². The van der Waals surface area contributed by atoms with Gasteiger partial charge in [-0.2, -0.15) is 0 Å². The van der Waals surface area contributed by atoms with E-state index in [1.807, 2.05) is 79.7 Å². The summed E-state index contributed by atoms with van der Waals surface area (Å²) in [5.74, 6) is -0.406. The Morgan fingerprint density at radius 1 is 0.841 bits per heavy atom. The van der Waals surface area contributed by atoms with E-state index in [1.165, 1.54) is 11.8 Å². The fourth-order valence-corrected chi connectivity index (χ4v) is 6.17. The number of thioether (sulfide) groups is 1. The van der Waals surface area contributed by atoms with Crippen molar-refractivity contribution in [1.82, 2.24) is 10.6 Å². The smallest absolute Gasteiger partial charge is 0.336 e. The average Bonchev–Trinajstić information content (AvgIpc) is 3.06. The van der Waals surface area contributed by atoms with Crippen LogP contribution in [0.15, 0.2) is 102 Å². The van der Waals surface area contributed by atoms with Gasteiger partial charge in [0.15, 0.2) is 6.29 Å². The summed E-state index contributed by atoms with van der Waals surface area (Å²) in [4.78, 5) is 24.3. The molecule has 2 amide bonds. The van der Waals surface area contributed by atoms with Crippen molar-refractivity contribution in [3.8, 4) is 11.1 Å². The van der Waals surface area contributed by atoms with Crippen LogP contribution in [-0.2, 0) is 22.6 Å². The molecule has 44 heavy (non-hydrogen) atoms. The van der Waals surface area contributed by atoms with Gasteiger partial charge >= 0.3 is 12.0 Å². The second kappa shape index (κ2) is 15.0. The van der Waals surface area contributed by atoms with Crippen molar-refractivity contribution in [2.45, 2.75) is 49.9 Å². The van der Waals surface area contributed by atoms with Gasteiger partial charge in [-0.1, -0.05) is 72.8 Å². The van der Waals surface area contributed by atoms with Crippen molar-refractivity contribution in [2.24, 2.45) is 0 Å². The fraction of sp³-hybridized carbons (Fsp3) is 0.257. The number of hydrogen-bond acceptors (Lipinski definition) is 6. The number of rotatable bonds is 11. The highest BCUT2D eigenvalue weighted by molar-refractivity contribution is 7.99. The lowest BCUT2D eigenvalue weighted by atomic mass is 9.99. The third-order valence-electron chi connectivity index (χ3n) is 7.37. The highest BCUT2D eigenvalue weighted by atomic mass is 32.2. The maximum atomic E-state index is 11.9. The molecule has 4 aromatic rings. The van der Waals surface area contributed by atoms with E-state index in [9.17, 15) is 19.8 Å². The summed E-state index contributed by atoms with van der Waals surface area (Å²) in [6.07, 6.45) is -0.518. The molecule has 5 rings (SSSR count). The molecule has 0 saturated carbocycles. The van der Waals surface area contributed by atoms with Crippen LogP contribution >= 0.6 is 11.8 Å². The van der Waals surface area contributed by atoms with Crippen molar-refractivity contribution in [2.75, 3.05) is 12.3 Å². The zero-order valence-electron chi connectivity index (χ0n) is 24.4. The number of benzene rings is 4. The quantitative estimate of drug-likeness (QED) is 0.139. The monoisotopic (exact) mass is 612 g/mol. The molecule has 8 nitrogen and oxygen atoms in total. The predicted octanol–water partition coefficient (Wildman–Crippen LogP) is 6.70. The van der Waals surface area contributed by atoms with Gasteiger partial charge in [-0.15, -0.1) is 11.8 Å². The molecular weight excluding hydrogens is 576 g/mol. The number of aliphatic hydroxyl groups is 1. The number of carboxylic acids is 1. The van der Waals surface area contributed by atoms with Gasteiger partial charge in [0.25, 0.3) is 0 Å². The lowest BCUT2D eigenvalue weighted by Crippen LogP contribution is -2.34. The van der Waals surface area contributed by atoms with Crippen LogP contribution in [0.3, 0.4) is 0 Å². The van der Waals surface area contributed by atoms with Gasteiger partial charge in [-0.05, 0) is 59.0 Å². The maximum Gasteiger partial charge on any atom is 0.336 e. The van der Waals surface area contributed by atoms with Gasteiger partial charge in [0.2, 0.25) is 0 Å². The van der Waals surface area contributed by atoms with E-state index < -0.39 is 12.3 Å². The first-order chi connectivity index (χ1) is 21.4. The Balaban J connectivity index is 1.37. The van der Waals surface area contributed by atoms with Crippen molar-refractivity contribution < 1.29 is 29.3 Å². The minimum Gasteiger partial charge on any atom is -0.478 e. The van der Waals surface area contributed by atoms with Gasteiger partial charge in [-0.25, -0.2) is 9.59 Å². The third-order valence-corrected chi connectivity index (χ3v) is 8.57. The summed E-state index contributed by atoms with van der Waals surface area (Å²) in [5, 5.41) is 24.8. The second-order valence-electron chi connectivity index (χ2n) is 10.5. The standard InChI is InChI=1S/C35H36N2O6S/c1-2-36-35(41)37-20-24-7-5-8-26(17-24)27-9-6-10-28(18-27)34-42-29(22-44-32-12-4-3-11-30(32)33(39)40)19-31(43-34)25-15-13-23(21-38)14-16-25/h3-18,29,31,34,38H,2,19-22H2,1H3,(H,39,40)(H2,36,37,41). The number of carbonyl (C=O) groups is 2. The second-order valence-corrected chi connectivity index (χ2v) is 11.6. The predicted molar refractivity (Wildman–Crippen MR) is 170 cm³/mol. The molecule has 1 saturated heterocycles. The summed E-state index contributed by atoms with van der Waals surface area (Å²) >= 11 is 1.46. The number of carboxylic acid groups (broad SMARTS) is 1. The Bertz CT molecular complexity index is 1580. The van der Waals surface area contributed by atoms with Crippen LogP contribution in [-0.4, -0.2) is 40.6 Å². The summed E-state index contributed by atoms with van der Waals surface area (Å²) in [7, 11) is 0. The molecule has 1 aliphatic heterocycles. The molecule has 0 bridgehead atoms. The lowest BCUT2D eigenvalue weighted by Gasteiger charge is -2.36. The summed E-state index contributed by atoms with van der Waals surface area (Å²) in [5.41, 5.74) is 5.93. The van der Waals surface area contributed by atoms with Crippen LogP contribution in [0.4, 0.5) is 4.79 Å².